The van der Waals surface area contributed by atoms with Crippen LogP contribution in [0.5, 0.6) is 0 Å². The van der Waals surface area contributed by atoms with Crippen LogP contribution in [-0.4, -0.2) is 35.9 Å². The molecule has 1 amide bonds. The summed E-state index contributed by atoms with van der Waals surface area (Å²) in [6.45, 7) is 5.04. The summed E-state index contributed by atoms with van der Waals surface area (Å²) in [6, 6.07) is 0. The van der Waals surface area contributed by atoms with E-state index in [1.54, 1.807) is 6.92 Å². The molecule has 0 aliphatic carbocycles. The molecule has 1 saturated heterocycles. The van der Waals surface area contributed by atoms with Crippen molar-refractivity contribution in [2.45, 2.75) is 39.0 Å². The number of nitrogens with one attached hydrogen (secondary N) is 2. The largest absolute Gasteiger partial charge is 0.335 e. The first-order chi connectivity index (χ1) is 8.75. The predicted molar refractivity (Wildman–Crippen MR) is 66.3 cm³/mol. The highest BCUT2D eigenvalue weighted by atomic mass is 16.6. The molecular formula is C12H21N4O2+. The zero-order valence-electron chi connectivity index (χ0n) is 10.9. The molecule has 18 heavy (non-hydrogen) atoms. The van der Waals surface area contributed by atoms with Gasteiger partial charge in [0.15, 0.2) is 5.82 Å². The number of hydrogen-bond donors (Lipinski definition) is 2. The highest BCUT2D eigenvalue weighted by Crippen LogP contribution is 2.06. The standard InChI is InChI=1S/C12H20N4O2/c1-10-12(15-18-14-10)13-11(17)6-9-16-7-4-2-3-5-8-16/h2-9H2,1H3,(H,13,15,17)/p+1. The molecule has 100 valence electrons. The molecule has 0 radical (unpaired) electrons. The first-order valence-electron chi connectivity index (χ1n) is 6.68. The topological polar surface area (TPSA) is 72.5 Å². The van der Waals surface area contributed by atoms with E-state index in [9.17, 15) is 4.79 Å². The molecule has 0 saturated carbocycles. The van der Waals surface area contributed by atoms with Gasteiger partial charge in [0.05, 0.1) is 26.1 Å². The Kier molecular flexibility index (Phi) is 4.69. The fourth-order valence-corrected chi connectivity index (χ4v) is 2.31. The van der Waals surface area contributed by atoms with Crippen molar-refractivity contribution in [1.82, 2.24) is 10.3 Å². The van der Waals surface area contributed by atoms with Crippen molar-refractivity contribution in [3.05, 3.63) is 5.69 Å². The van der Waals surface area contributed by atoms with Gasteiger partial charge in [-0.3, -0.25) is 4.79 Å². The molecular weight excluding hydrogens is 232 g/mol. The molecule has 2 N–H and O–H groups in total. The third-order valence-corrected chi connectivity index (χ3v) is 3.43. The van der Waals surface area contributed by atoms with E-state index in [4.69, 9.17) is 0 Å². The number of hydrogen-bond acceptors (Lipinski definition) is 4. The average Bonchev–Trinajstić information content (AvgIpc) is 2.63. The van der Waals surface area contributed by atoms with Gasteiger partial charge in [0.2, 0.25) is 5.91 Å². The molecule has 0 bridgehead atoms. The van der Waals surface area contributed by atoms with E-state index in [2.05, 4.69) is 20.3 Å². The van der Waals surface area contributed by atoms with E-state index in [0.29, 0.717) is 17.9 Å². The van der Waals surface area contributed by atoms with Crippen LogP contribution < -0.4 is 10.2 Å². The number of aromatic nitrogens is 2. The van der Waals surface area contributed by atoms with E-state index >= 15 is 0 Å². The summed E-state index contributed by atoms with van der Waals surface area (Å²) in [4.78, 5) is 13.3. The Morgan fingerprint density at radius 1 is 1.28 bits per heavy atom. The van der Waals surface area contributed by atoms with Gasteiger partial charge in [-0.1, -0.05) is 5.16 Å². The van der Waals surface area contributed by atoms with Gasteiger partial charge < -0.3 is 10.2 Å². The predicted octanol–water partition coefficient (Wildman–Crippen LogP) is 0.166. The van der Waals surface area contributed by atoms with Gasteiger partial charge in [-0.05, 0) is 37.8 Å². The van der Waals surface area contributed by atoms with Gasteiger partial charge in [0, 0.05) is 0 Å². The number of carbonyl (C=O) groups excluding carboxylic acids is 1. The lowest BCUT2D eigenvalue weighted by Gasteiger charge is -2.16. The van der Waals surface area contributed by atoms with Gasteiger partial charge in [-0.2, -0.15) is 0 Å². The number of aryl methyl sites for hydroxylation is 1. The van der Waals surface area contributed by atoms with Crippen molar-refractivity contribution in [2.24, 2.45) is 0 Å². The molecule has 1 aromatic rings. The minimum absolute atomic E-state index is 0.00875. The Balaban J connectivity index is 1.72. The van der Waals surface area contributed by atoms with Crippen molar-refractivity contribution in [3.63, 3.8) is 0 Å². The zero-order valence-corrected chi connectivity index (χ0v) is 10.9. The molecule has 0 aromatic carbocycles. The van der Waals surface area contributed by atoms with Crippen LogP contribution in [0.3, 0.4) is 0 Å². The van der Waals surface area contributed by atoms with Crippen molar-refractivity contribution < 1.29 is 14.3 Å². The Labute approximate surface area is 107 Å². The first kappa shape index (κ1) is 13.0. The van der Waals surface area contributed by atoms with Gasteiger partial charge in [0.25, 0.3) is 0 Å². The van der Waals surface area contributed by atoms with Crippen molar-refractivity contribution >= 4 is 11.7 Å². The Hall–Kier alpha value is -1.43. The van der Waals surface area contributed by atoms with E-state index in [-0.39, 0.29) is 5.91 Å². The normalized spacial score (nSPS) is 17.4. The summed E-state index contributed by atoms with van der Waals surface area (Å²) in [5.74, 6) is 0.427. The van der Waals surface area contributed by atoms with Crippen LogP contribution in [0.2, 0.25) is 0 Å². The lowest BCUT2D eigenvalue weighted by atomic mass is 10.2. The second kappa shape index (κ2) is 6.49. The van der Waals surface area contributed by atoms with Crippen LogP contribution >= 0.6 is 0 Å². The Bertz CT molecular complexity index is 383. The van der Waals surface area contributed by atoms with Crippen LogP contribution in [0, 0.1) is 6.92 Å². The van der Waals surface area contributed by atoms with E-state index < -0.39 is 0 Å². The number of anilines is 1. The fourth-order valence-electron chi connectivity index (χ4n) is 2.31. The maximum atomic E-state index is 11.8. The lowest BCUT2D eigenvalue weighted by Crippen LogP contribution is -3.12. The summed E-state index contributed by atoms with van der Waals surface area (Å²) < 4.78 is 4.54. The SMILES string of the molecule is Cc1nonc1NC(=O)CC[NH+]1CCCCCC1. The number of rotatable bonds is 4. The van der Waals surface area contributed by atoms with Crippen LogP contribution in [0.15, 0.2) is 4.63 Å². The van der Waals surface area contributed by atoms with Crippen molar-refractivity contribution in [2.75, 3.05) is 25.0 Å². The fraction of sp³-hybridized carbons (Fsp3) is 0.750. The molecule has 6 nitrogen and oxygen atoms in total. The van der Waals surface area contributed by atoms with Crippen molar-refractivity contribution in [3.8, 4) is 0 Å². The van der Waals surface area contributed by atoms with Crippen LogP contribution in [0.25, 0.3) is 0 Å². The Morgan fingerprint density at radius 2 is 2.00 bits per heavy atom. The highest BCUT2D eigenvalue weighted by Gasteiger charge is 2.15. The minimum atomic E-state index is -0.00875. The third-order valence-electron chi connectivity index (χ3n) is 3.43. The molecule has 0 atom stereocenters. The second-order valence-corrected chi connectivity index (χ2v) is 4.91. The number of nitrogens with zero attached hydrogens (tertiary/aromatic N) is 2. The molecule has 1 aromatic heterocycles. The van der Waals surface area contributed by atoms with Gasteiger partial charge >= 0.3 is 0 Å². The summed E-state index contributed by atoms with van der Waals surface area (Å²) in [5.41, 5.74) is 0.616. The second-order valence-electron chi connectivity index (χ2n) is 4.91. The smallest absolute Gasteiger partial charge is 0.231 e. The van der Waals surface area contributed by atoms with Gasteiger partial charge in [-0.15, -0.1) is 0 Å². The number of likely N-dealkylation sites (tertiary alicyclic amines) is 1. The maximum Gasteiger partial charge on any atom is 0.231 e. The molecule has 1 aliphatic rings. The average molecular weight is 253 g/mol. The van der Waals surface area contributed by atoms with Gasteiger partial charge in [0.1, 0.15) is 5.69 Å². The van der Waals surface area contributed by atoms with E-state index in [1.165, 1.54) is 43.7 Å². The van der Waals surface area contributed by atoms with Gasteiger partial charge in [-0.25, -0.2) is 4.63 Å². The quantitative estimate of drug-likeness (QED) is 0.802. The van der Waals surface area contributed by atoms with E-state index in [1.807, 2.05) is 0 Å². The van der Waals surface area contributed by atoms with Crippen LogP contribution in [0.1, 0.15) is 37.8 Å². The highest BCUT2D eigenvalue weighted by molar-refractivity contribution is 5.90. The van der Waals surface area contributed by atoms with Crippen molar-refractivity contribution in [1.29, 1.82) is 0 Å². The minimum Gasteiger partial charge on any atom is -0.335 e. The lowest BCUT2D eigenvalue weighted by molar-refractivity contribution is -0.898. The number of quaternary nitrogens is 1. The molecule has 0 spiro atoms. The van der Waals surface area contributed by atoms with E-state index in [0.717, 1.165) is 6.54 Å². The number of amides is 1. The van der Waals surface area contributed by atoms with Crippen LogP contribution in [0.4, 0.5) is 5.82 Å². The zero-order chi connectivity index (χ0) is 12.8. The molecule has 1 aliphatic heterocycles. The maximum absolute atomic E-state index is 11.8. The third kappa shape index (κ3) is 3.80. The molecule has 6 heteroatoms. The monoisotopic (exact) mass is 253 g/mol. The summed E-state index contributed by atoms with van der Waals surface area (Å²) in [6.07, 6.45) is 5.76. The molecule has 0 unspecified atom stereocenters. The molecule has 2 heterocycles. The number of carbonyl (C=O) groups is 1. The first-order valence-corrected chi connectivity index (χ1v) is 6.68. The molecule has 2 rings (SSSR count). The summed E-state index contributed by atoms with van der Waals surface area (Å²) in [5, 5.41) is 9.99. The molecule has 1 fully saturated rings. The summed E-state index contributed by atoms with van der Waals surface area (Å²) in [7, 11) is 0. The van der Waals surface area contributed by atoms with Crippen LogP contribution in [-0.2, 0) is 4.79 Å². The summed E-state index contributed by atoms with van der Waals surface area (Å²) >= 11 is 0. The Morgan fingerprint density at radius 3 is 2.61 bits per heavy atom.